The first-order valence-corrected chi connectivity index (χ1v) is 7.85. The van der Waals surface area contributed by atoms with E-state index in [9.17, 15) is 14.7 Å². The highest BCUT2D eigenvalue weighted by Crippen LogP contribution is 2.24. The van der Waals surface area contributed by atoms with Crippen LogP contribution in [-0.4, -0.2) is 33.9 Å². The van der Waals surface area contributed by atoms with E-state index in [1.807, 2.05) is 0 Å². The summed E-state index contributed by atoms with van der Waals surface area (Å²) >= 11 is 0. The second-order valence-corrected chi connectivity index (χ2v) is 5.45. The molecule has 0 unspecified atom stereocenters. The van der Waals surface area contributed by atoms with Gasteiger partial charge in [-0.1, -0.05) is 17.3 Å². The third kappa shape index (κ3) is 3.94. The molecule has 0 saturated carbocycles. The molecule has 9 nitrogen and oxygen atoms in total. The molecule has 0 atom stereocenters. The van der Waals surface area contributed by atoms with E-state index in [0.29, 0.717) is 22.7 Å². The van der Waals surface area contributed by atoms with Crippen molar-refractivity contribution >= 4 is 23.1 Å². The van der Waals surface area contributed by atoms with E-state index < -0.39 is 5.63 Å². The molecule has 0 fully saturated rings. The summed E-state index contributed by atoms with van der Waals surface area (Å²) in [7, 11) is 0. The van der Waals surface area contributed by atoms with E-state index in [1.54, 1.807) is 31.2 Å². The average Bonchev–Trinajstić information content (AvgIpc) is 3.04. The number of rotatable bonds is 6. The Morgan fingerprint density at radius 1 is 1.38 bits per heavy atom. The second kappa shape index (κ2) is 7.60. The smallest absolute Gasteiger partial charge is 0.348 e. The number of hydrogen-bond acceptors (Lipinski definition) is 8. The zero-order chi connectivity index (χ0) is 18.5. The Kier molecular flexibility index (Phi) is 5.07. The molecule has 0 radical (unpaired) electrons. The van der Waals surface area contributed by atoms with Crippen molar-refractivity contribution in [2.75, 3.05) is 6.54 Å². The highest BCUT2D eigenvalue weighted by molar-refractivity contribution is 5.93. The van der Waals surface area contributed by atoms with Gasteiger partial charge in [-0.15, -0.1) is 0 Å². The number of fused-ring (bicyclic) bond motifs is 1. The van der Waals surface area contributed by atoms with Crippen molar-refractivity contribution in [3.8, 4) is 5.75 Å². The van der Waals surface area contributed by atoms with Crippen LogP contribution in [0.5, 0.6) is 5.75 Å². The van der Waals surface area contributed by atoms with Crippen LogP contribution in [0.25, 0.3) is 11.0 Å². The summed E-state index contributed by atoms with van der Waals surface area (Å²) in [6, 6.07) is 6.65. The van der Waals surface area contributed by atoms with Gasteiger partial charge in [-0.2, -0.15) is 4.98 Å². The van der Waals surface area contributed by atoms with Crippen LogP contribution in [0.2, 0.25) is 0 Å². The van der Waals surface area contributed by atoms with Gasteiger partial charge in [-0.3, -0.25) is 9.79 Å². The Bertz CT molecular complexity index is 1020. The van der Waals surface area contributed by atoms with Gasteiger partial charge < -0.3 is 19.4 Å². The lowest BCUT2D eigenvalue weighted by Crippen LogP contribution is -2.23. The number of carbonyl (C=O) groups is 1. The molecule has 2 heterocycles. The zero-order valence-corrected chi connectivity index (χ0v) is 13.9. The number of aromatic nitrogens is 2. The summed E-state index contributed by atoms with van der Waals surface area (Å²) in [5.74, 6) is 0.357. The maximum Gasteiger partial charge on any atom is 0.348 e. The van der Waals surface area contributed by atoms with E-state index >= 15 is 0 Å². The fourth-order valence-corrected chi connectivity index (χ4v) is 2.26. The normalized spacial score (nSPS) is 11.3. The molecule has 3 aromatic rings. The Morgan fingerprint density at radius 3 is 2.96 bits per heavy atom. The standard InChI is InChI=1S/C17H16N4O5/c1-10-20-15(26-21-10)9-19-14(22)6-7-18-8-12-16(23)11-4-2-3-5-13(11)25-17(12)24/h2-5,8,23H,6-7,9H2,1H3,(H,19,22). The van der Waals surface area contributed by atoms with Crippen LogP contribution in [0.4, 0.5) is 0 Å². The Labute approximate surface area is 147 Å². The highest BCUT2D eigenvalue weighted by atomic mass is 16.5. The first-order valence-electron chi connectivity index (χ1n) is 7.85. The highest BCUT2D eigenvalue weighted by Gasteiger charge is 2.11. The summed E-state index contributed by atoms with van der Waals surface area (Å²) in [5.41, 5.74) is -0.450. The van der Waals surface area contributed by atoms with Gasteiger partial charge in [0.1, 0.15) is 16.9 Å². The van der Waals surface area contributed by atoms with Crippen LogP contribution in [0.3, 0.4) is 0 Å². The van der Waals surface area contributed by atoms with E-state index in [0.717, 1.165) is 0 Å². The van der Waals surface area contributed by atoms with Crippen molar-refractivity contribution in [3.05, 3.63) is 52.0 Å². The number of hydrogen-bond donors (Lipinski definition) is 2. The number of para-hydroxylation sites is 1. The lowest BCUT2D eigenvalue weighted by molar-refractivity contribution is -0.121. The van der Waals surface area contributed by atoms with Crippen LogP contribution in [-0.2, 0) is 11.3 Å². The number of aliphatic imine (C=N–C) groups is 1. The van der Waals surface area contributed by atoms with Gasteiger partial charge >= 0.3 is 5.63 Å². The molecule has 26 heavy (non-hydrogen) atoms. The predicted octanol–water partition coefficient (Wildman–Crippen LogP) is 1.32. The molecular formula is C17H16N4O5. The maximum atomic E-state index is 11.9. The van der Waals surface area contributed by atoms with Crippen LogP contribution >= 0.6 is 0 Å². The third-order valence-corrected chi connectivity index (χ3v) is 3.51. The summed E-state index contributed by atoms with van der Waals surface area (Å²) < 4.78 is 10.0. The van der Waals surface area contributed by atoms with E-state index in [2.05, 4.69) is 20.4 Å². The summed E-state index contributed by atoms with van der Waals surface area (Å²) in [6.45, 7) is 1.96. The molecule has 134 valence electrons. The Balaban J connectivity index is 1.58. The van der Waals surface area contributed by atoms with Crippen molar-refractivity contribution in [1.82, 2.24) is 15.5 Å². The largest absolute Gasteiger partial charge is 0.506 e. The van der Waals surface area contributed by atoms with Gasteiger partial charge in [0.05, 0.1) is 11.9 Å². The number of amides is 1. The fourth-order valence-electron chi connectivity index (χ4n) is 2.26. The van der Waals surface area contributed by atoms with Crippen LogP contribution in [0, 0.1) is 6.92 Å². The second-order valence-electron chi connectivity index (χ2n) is 5.45. The first-order chi connectivity index (χ1) is 12.5. The number of nitrogens with one attached hydrogen (secondary N) is 1. The molecule has 2 aromatic heterocycles. The molecule has 0 saturated heterocycles. The molecule has 1 aromatic carbocycles. The van der Waals surface area contributed by atoms with Crippen LogP contribution in [0.1, 0.15) is 23.7 Å². The fraction of sp³-hybridized carbons (Fsp3) is 0.235. The number of aromatic hydroxyl groups is 1. The molecule has 9 heteroatoms. The summed E-state index contributed by atoms with van der Waals surface area (Å²) in [5, 5.41) is 16.9. The molecule has 1 amide bonds. The summed E-state index contributed by atoms with van der Waals surface area (Å²) in [6.07, 6.45) is 1.31. The number of nitrogens with zero attached hydrogens (tertiary/aromatic N) is 3. The Morgan fingerprint density at radius 2 is 2.19 bits per heavy atom. The first kappa shape index (κ1) is 17.3. The van der Waals surface area contributed by atoms with Crippen molar-refractivity contribution < 1.29 is 18.8 Å². The molecule has 0 spiro atoms. The monoisotopic (exact) mass is 356 g/mol. The average molecular weight is 356 g/mol. The van der Waals surface area contributed by atoms with Crippen molar-refractivity contribution in [1.29, 1.82) is 0 Å². The van der Waals surface area contributed by atoms with Gasteiger partial charge in [0, 0.05) is 19.2 Å². The lowest BCUT2D eigenvalue weighted by Gasteiger charge is -2.02. The van der Waals surface area contributed by atoms with Gasteiger partial charge in [0.15, 0.2) is 5.82 Å². The molecular weight excluding hydrogens is 340 g/mol. The number of carbonyl (C=O) groups excluding carboxylic acids is 1. The third-order valence-electron chi connectivity index (χ3n) is 3.51. The molecule has 0 aliphatic rings. The molecule has 3 rings (SSSR count). The lowest BCUT2D eigenvalue weighted by atomic mass is 10.1. The maximum absolute atomic E-state index is 11.9. The molecule has 0 aliphatic carbocycles. The number of benzene rings is 1. The van der Waals surface area contributed by atoms with Crippen LogP contribution < -0.4 is 10.9 Å². The predicted molar refractivity (Wildman–Crippen MR) is 92.1 cm³/mol. The summed E-state index contributed by atoms with van der Waals surface area (Å²) in [4.78, 5) is 31.6. The topological polar surface area (TPSA) is 131 Å². The van der Waals surface area contributed by atoms with E-state index in [4.69, 9.17) is 8.94 Å². The molecule has 0 bridgehead atoms. The minimum atomic E-state index is -0.693. The van der Waals surface area contributed by atoms with E-state index in [-0.39, 0.29) is 36.7 Å². The Hall–Kier alpha value is -3.49. The zero-order valence-electron chi connectivity index (χ0n) is 13.9. The minimum Gasteiger partial charge on any atom is -0.506 e. The van der Waals surface area contributed by atoms with Gasteiger partial charge in [0.25, 0.3) is 0 Å². The van der Waals surface area contributed by atoms with Gasteiger partial charge in [0.2, 0.25) is 11.8 Å². The SMILES string of the molecule is Cc1noc(CNC(=O)CCN=Cc2c(O)c3ccccc3oc2=O)n1. The van der Waals surface area contributed by atoms with Crippen molar-refractivity contribution in [3.63, 3.8) is 0 Å². The molecule has 2 N–H and O–H groups in total. The van der Waals surface area contributed by atoms with Crippen molar-refractivity contribution in [2.24, 2.45) is 4.99 Å². The van der Waals surface area contributed by atoms with Crippen LogP contribution in [0.15, 0.2) is 43.0 Å². The molecule has 0 aliphatic heterocycles. The van der Waals surface area contributed by atoms with E-state index in [1.165, 1.54) is 6.21 Å². The van der Waals surface area contributed by atoms with Gasteiger partial charge in [-0.25, -0.2) is 4.79 Å². The minimum absolute atomic E-state index is 0.0505. The van der Waals surface area contributed by atoms with Crippen molar-refractivity contribution in [2.45, 2.75) is 19.9 Å². The number of aryl methyl sites for hydroxylation is 1. The van der Waals surface area contributed by atoms with Gasteiger partial charge in [-0.05, 0) is 19.1 Å². The quantitative estimate of drug-likeness (QED) is 0.503.